The minimum absolute atomic E-state index is 0.0841. The maximum absolute atomic E-state index is 12.1. The van der Waals surface area contributed by atoms with Crippen LogP contribution in [0.4, 0.5) is 0 Å². The lowest BCUT2D eigenvalue weighted by molar-refractivity contribution is -0.123. The number of benzene rings is 1. The highest BCUT2D eigenvalue weighted by atomic mass is 32.2. The Morgan fingerprint density at radius 1 is 1.45 bits per heavy atom. The fourth-order valence-corrected chi connectivity index (χ4v) is 2.96. The molecule has 4 nitrogen and oxygen atoms in total. The van der Waals surface area contributed by atoms with Gasteiger partial charge in [-0.1, -0.05) is 12.1 Å². The van der Waals surface area contributed by atoms with Crippen LogP contribution >= 0.6 is 11.8 Å². The van der Waals surface area contributed by atoms with Crippen molar-refractivity contribution in [1.29, 1.82) is 5.26 Å². The number of thioether (sulfide) groups is 1. The zero-order chi connectivity index (χ0) is 16.2. The number of likely N-dealkylation sites (N-methyl/N-ethyl adjacent to an activating group) is 1. The van der Waals surface area contributed by atoms with E-state index in [1.54, 1.807) is 11.8 Å². The highest BCUT2D eigenvalue weighted by molar-refractivity contribution is 7.98. The number of nitriles is 1. The van der Waals surface area contributed by atoms with Crippen LogP contribution in [0.25, 0.3) is 0 Å². The fraction of sp³-hybridized carbons (Fsp3) is 0.529. The fourth-order valence-electron chi connectivity index (χ4n) is 2.55. The second-order valence-corrected chi connectivity index (χ2v) is 7.04. The van der Waals surface area contributed by atoms with Crippen LogP contribution in [0.3, 0.4) is 0 Å². The van der Waals surface area contributed by atoms with Gasteiger partial charge in [-0.05, 0) is 56.7 Å². The second-order valence-electron chi connectivity index (χ2n) is 6.16. The summed E-state index contributed by atoms with van der Waals surface area (Å²) >= 11 is 1.72. The Labute approximate surface area is 136 Å². The maximum atomic E-state index is 12.1. The summed E-state index contributed by atoms with van der Waals surface area (Å²) in [6.45, 7) is 2.84. The molecule has 118 valence electrons. The van der Waals surface area contributed by atoms with Gasteiger partial charge < -0.3 is 5.32 Å². The van der Waals surface area contributed by atoms with Crippen molar-refractivity contribution < 1.29 is 4.79 Å². The number of nitrogens with zero attached hydrogens (tertiary/aromatic N) is 2. The minimum Gasteiger partial charge on any atom is -0.337 e. The molecule has 5 heteroatoms. The molecule has 1 atom stereocenters. The molecule has 2 rings (SSSR count). The lowest BCUT2D eigenvalue weighted by Crippen LogP contribution is -2.49. The van der Waals surface area contributed by atoms with Gasteiger partial charge in [0.25, 0.3) is 0 Å². The molecule has 22 heavy (non-hydrogen) atoms. The molecule has 1 amide bonds. The standard InChI is InChI=1S/C17H23N3OS/c1-17(12-18,14-6-7-14)19-16(21)11-20(2)10-13-4-8-15(22-3)9-5-13/h4-5,8-9,14H,6-7,10-11H2,1-3H3,(H,19,21). The lowest BCUT2D eigenvalue weighted by Gasteiger charge is -2.25. The van der Waals surface area contributed by atoms with Crippen molar-refractivity contribution in [2.45, 2.75) is 36.7 Å². The third kappa shape index (κ3) is 4.49. The molecule has 1 aliphatic rings. The van der Waals surface area contributed by atoms with E-state index in [0.29, 0.717) is 12.5 Å². The van der Waals surface area contributed by atoms with Crippen LogP contribution in [0.2, 0.25) is 0 Å². The van der Waals surface area contributed by atoms with E-state index in [1.165, 1.54) is 10.5 Å². The van der Waals surface area contributed by atoms with Crippen LogP contribution in [0.5, 0.6) is 0 Å². The maximum Gasteiger partial charge on any atom is 0.235 e. The predicted molar refractivity (Wildman–Crippen MR) is 89.4 cm³/mol. The van der Waals surface area contributed by atoms with Gasteiger partial charge in [-0.15, -0.1) is 11.8 Å². The molecule has 1 aromatic rings. The SMILES string of the molecule is CSc1ccc(CN(C)CC(=O)NC(C)(C#N)C2CC2)cc1. The summed E-state index contributed by atoms with van der Waals surface area (Å²) in [6.07, 6.45) is 4.11. The first-order valence-corrected chi connectivity index (χ1v) is 8.73. The number of carbonyl (C=O) groups is 1. The van der Waals surface area contributed by atoms with Crippen molar-refractivity contribution in [3.05, 3.63) is 29.8 Å². The first-order valence-electron chi connectivity index (χ1n) is 7.50. The van der Waals surface area contributed by atoms with E-state index < -0.39 is 5.54 Å². The zero-order valence-electron chi connectivity index (χ0n) is 13.4. The van der Waals surface area contributed by atoms with Crippen molar-refractivity contribution in [2.24, 2.45) is 5.92 Å². The largest absolute Gasteiger partial charge is 0.337 e. The molecular formula is C17H23N3OS. The molecule has 0 bridgehead atoms. The molecule has 1 fully saturated rings. The van der Waals surface area contributed by atoms with Crippen molar-refractivity contribution in [1.82, 2.24) is 10.2 Å². The molecule has 1 saturated carbocycles. The van der Waals surface area contributed by atoms with Gasteiger partial charge in [0.1, 0.15) is 5.54 Å². The van der Waals surface area contributed by atoms with Crippen LogP contribution < -0.4 is 5.32 Å². The summed E-state index contributed by atoms with van der Waals surface area (Å²) in [6, 6.07) is 10.6. The number of amides is 1. The van der Waals surface area contributed by atoms with Crippen LogP contribution in [-0.2, 0) is 11.3 Å². The summed E-state index contributed by atoms with van der Waals surface area (Å²) in [5.41, 5.74) is 0.469. The Bertz CT molecular complexity index is 562. The van der Waals surface area contributed by atoms with E-state index >= 15 is 0 Å². The van der Waals surface area contributed by atoms with Gasteiger partial charge in [-0.25, -0.2) is 0 Å². The first-order chi connectivity index (χ1) is 10.5. The van der Waals surface area contributed by atoms with Gasteiger partial charge >= 0.3 is 0 Å². The molecule has 1 aromatic carbocycles. The molecule has 0 aliphatic heterocycles. The Hall–Kier alpha value is -1.51. The van der Waals surface area contributed by atoms with Gasteiger partial charge in [0, 0.05) is 11.4 Å². The zero-order valence-corrected chi connectivity index (χ0v) is 14.2. The quantitative estimate of drug-likeness (QED) is 0.786. The molecular weight excluding hydrogens is 294 g/mol. The molecule has 0 spiro atoms. The Morgan fingerprint density at radius 2 is 2.09 bits per heavy atom. The highest BCUT2D eigenvalue weighted by Crippen LogP contribution is 2.39. The van der Waals surface area contributed by atoms with Crippen molar-refractivity contribution in [3.8, 4) is 6.07 Å². The third-order valence-electron chi connectivity index (χ3n) is 4.05. The van der Waals surface area contributed by atoms with E-state index in [0.717, 1.165) is 19.4 Å². The number of rotatable bonds is 7. The molecule has 1 unspecified atom stereocenters. The van der Waals surface area contributed by atoms with E-state index in [-0.39, 0.29) is 5.91 Å². The van der Waals surface area contributed by atoms with Crippen LogP contribution in [0.15, 0.2) is 29.2 Å². The summed E-state index contributed by atoms with van der Waals surface area (Å²) in [4.78, 5) is 15.3. The van der Waals surface area contributed by atoms with E-state index in [9.17, 15) is 10.1 Å². The smallest absolute Gasteiger partial charge is 0.235 e. The number of carbonyl (C=O) groups excluding carboxylic acids is 1. The first kappa shape index (κ1) is 16.9. The van der Waals surface area contributed by atoms with Gasteiger partial charge in [0.05, 0.1) is 12.6 Å². The van der Waals surface area contributed by atoms with Gasteiger partial charge in [0.15, 0.2) is 0 Å². The Balaban J connectivity index is 1.84. The van der Waals surface area contributed by atoms with E-state index in [1.807, 2.05) is 18.9 Å². The number of hydrogen-bond donors (Lipinski definition) is 1. The lowest BCUT2D eigenvalue weighted by atomic mass is 9.98. The van der Waals surface area contributed by atoms with Gasteiger partial charge in [0.2, 0.25) is 5.91 Å². The Morgan fingerprint density at radius 3 is 2.59 bits per heavy atom. The van der Waals surface area contributed by atoms with Crippen LogP contribution in [0, 0.1) is 17.2 Å². The predicted octanol–water partition coefficient (Wildman–Crippen LogP) is 2.65. The summed E-state index contributed by atoms with van der Waals surface area (Å²) < 4.78 is 0. The minimum atomic E-state index is -0.710. The van der Waals surface area contributed by atoms with E-state index in [4.69, 9.17) is 0 Å². The van der Waals surface area contributed by atoms with Crippen LogP contribution in [0.1, 0.15) is 25.3 Å². The average Bonchev–Trinajstić information content (AvgIpc) is 3.32. The summed E-state index contributed by atoms with van der Waals surface area (Å²) in [7, 11) is 1.92. The average molecular weight is 317 g/mol. The Kier molecular flexibility index (Phi) is 5.49. The van der Waals surface area contributed by atoms with Crippen molar-refractivity contribution >= 4 is 17.7 Å². The van der Waals surface area contributed by atoms with Crippen molar-refractivity contribution in [2.75, 3.05) is 19.8 Å². The molecule has 0 aromatic heterocycles. The van der Waals surface area contributed by atoms with Crippen molar-refractivity contribution in [3.63, 3.8) is 0 Å². The molecule has 1 aliphatic carbocycles. The summed E-state index contributed by atoms with van der Waals surface area (Å²) in [5.74, 6) is 0.227. The molecule has 0 radical (unpaired) electrons. The van der Waals surface area contributed by atoms with Crippen LogP contribution in [-0.4, -0.2) is 36.2 Å². The van der Waals surface area contributed by atoms with E-state index in [2.05, 4.69) is 41.9 Å². The molecule has 0 saturated heterocycles. The normalized spacial score (nSPS) is 16.9. The monoisotopic (exact) mass is 317 g/mol. The van der Waals surface area contributed by atoms with Gasteiger partial charge in [-0.2, -0.15) is 5.26 Å². The summed E-state index contributed by atoms with van der Waals surface area (Å²) in [5, 5.41) is 12.2. The highest BCUT2D eigenvalue weighted by Gasteiger charge is 2.42. The third-order valence-corrected chi connectivity index (χ3v) is 4.79. The topological polar surface area (TPSA) is 56.1 Å². The molecule has 0 heterocycles. The number of nitrogens with one attached hydrogen (secondary N) is 1. The molecule has 1 N–H and O–H groups in total. The second kappa shape index (κ2) is 7.17. The number of hydrogen-bond acceptors (Lipinski definition) is 4. The van der Waals surface area contributed by atoms with Gasteiger partial charge in [-0.3, -0.25) is 9.69 Å².